The Kier molecular flexibility index (Phi) is 2.14. The Hall–Kier alpha value is -1.91. The zero-order valence-corrected chi connectivity index (χ0v) is 7.89. The predicted octanol–water partition coefficient (Wildman–Crippen LogP) is 1.45. The second-order valence-corrected chi connectivity index (χ2v) is 2.72. The highest BCUT2D eigenvalue weighted by atomic mass is 16.5. The number of nitrogens with zero attached hydrogens (tertiary/aromatic N) is 3. The predicted molar refractivity (Wildman–Crippen MR) is 48.8 cm³/mol. The van der Waals surface area contributed by atoms with E-state index in [1.165, 1.54) is 13.3 Å². The van der Waals surface area contributed by atoms with E-state index in [2.05, 4.69) is 15.0 Å². The van der Waals surface area contributed by atoms with E-state index >= 15 is 0 Å². The van der Waals surface area contributed by atoms with Crippen LogP contribution in [0.15, 0.2) is 23.0 Å². The minimum Gasteiger partial charge on any atom is -0.480 e. The van der Waals surface area contributed by atoms with Gasteiger partial charge in [-0.2, -0.15) is 0 Å². The van der Waals surface area contributed by atoms with Crippen LogP contribution >= 0.6 is 0 Å². The second kappa shape index (κ2) is 3.45. The van der Waals surface area contributed by atoms with Gasteiger partial charge in [-0.1, -0.05) is 0 Å². The van der Waals surface area contributed by atoms with E-state index in [9.17, 15) is 0 Å². The lowest BCUT2D eigenvalue weighted by atomic mass is 10.4. The first-order valence-electron chi connectivity index (χ1n) is 4.08. The molecule has 2 aromatic heterocycles. The molecule has 0 aliphatic carbocycles. The molecular weight excluding hydrogens is 182 g/mol. The van der Waals surface area contributed by atoms with E-state index in [-0.39, 0.29) is 0 Å². The van der Waals surface area contributed by atoms with Crippen molar-refractivity contribution in [3.05, 3.63) is 24.4 Å². The minimum absolute atomic E-state index is 0.443. The van der Waals surface area contributed by atoms with Crippen molar-refractivity contribution < 1.29 is 9.15 Å². The zero-order valence-electron chi connectivity index (χ0n) is 7.89. The summed E-state index contributed by atoms with van der Waals surface area (Å²) in [7, 11) is 1.54. The summed E-state index contributed by atoms with van der Waals surface area (Å²) < 4.78 is 10.2. The van der Waals surface area contributed by atoms with Crippen LogP contribution in [0.25, 0.3) is 11.6 Å². The molecule has 5 heteroatoms. The number of aryl methyl sites for hydroxylation is 1. The first-order valence-corrected chi connectivity index (χ1v) is 4.08. The largest absolute Gasteiger partial charge is 0.480 e. The molecule has 0 saturated carbocycles. The van der Waals surface area contributed by atoms with E-state index in [4.69, 9.17) is 9.15 Å². The quantitative estimate of drug-likeness (QED) is 0.718. The maximum atomic E-state index is 5.30. The van der Waals surface area contributed by atoms with Crippen LogP contribution in [0.4, 0.5) is 0 Å². The summed E-state index contributed by atoms with van der Waals surface area (Å²) in [6, 6.07) is 0. The van der Waals surface area contributed by atoms with Gasteiger partial charge in [0.2, 0.25) is 11.8 Å². The molecule has 0 spiro atoms. The van der Waals surface area contributed by atoms with Gasteiger partial charge in [0.25, 0.3) is 0 Å². The summed E-state index contributed by atoms with van der Waals surface area (Å²) in [5.41, 5.74) is 0.567. The van der Waals surface area contributed by atoms with Gasteiger partial charge in [0.1, 0.15) is 11.5 Å². The molecule has 0 aliphatic heterocycles. The van der Waals surface area contributed by atoms with Crippen molar-refractivity contribution in [3.8, 4) is 17.5 Å². The Balaban J connectivity index is 2.41. The normalized spacial score (nSPS) is 10.1. The summed E-state index contributed by atoms with van der Waals surface area (Å²) in [5.74, 6) is 1.64. The van der Waals surface area contributed by atoms with Gasteiger partial charge in [-0.15, -0.1) is 0 Å². The fourth-order valence-corrected chi connectivity index (χ4v) is 1.02. The highest BCUT2D eigenvalue weighted by Crippen LogP contribution is 2.17. The molecule has 2 aromatic rings. The minimum atomic E-state index is 0.443. The third-order valence-corrected chi connectivity index (χ3v) is 1.66. The van der Waals surface area contributed by atoms with Crippen LogP contribution in [-0.4, -0.2) is 22.1 Å². The molecule has 2 rings (SSSR count). The van der Waals surface area contributed by atoms with Crippen LogP contribution < -0.4 is 4.74 Å². The van der Waals surface area contributed by atoms with Crippen LogP contribution in [0.3, 0.4) is 0 Å². The standard InChI is InChI=1S/C9H9N3O2/c1-6-3-11-9(14-6)7-4-10-5-8(12-7)13-2/h3-5H,1-2H3. The van der Waals surface area contributed by atoms with Crippen molar-refractivity contribution >= 4 is 0 Å². The number of aromatic nitrogens is 3. The van der Waals surface area contributed by atoms with E-state index < -0.39 is 0 Å². The monoisotopic (exact) mass is 191 g/mol. The molecule has 0 amide bonds. The second-order valence-electron chi connectivity index (χ2n) is 2.72. The lowest BCUT2D eigenvalue weighted by Gasteiger charge is -1.98. The molecule has 0 atom stereocenters. The molecule has 0 fully saturated rings. The number of hydrogen-bond acceptors (Lipinski definition) is 5. The van der Waals surface area contributed by atoms with E-state index in [0.29, 0.717) is 17.5 Å². The molecule has 72 valence electrons. The number of rotatable bonds is 2. The van der Waals surface area contributed by atoms with Crippen LogP contribution in [0, 0.1) is 6.92 Å². The summed E-state index contributed by atoms with van der Waals surface area (Å²) in [5, 5.41) is 0. The number of methoxy groups -OCH3 is 1. The van der Waals surface area contributed by atoms with Gasteiger partial charge >= 0.3 is 0 Å². The Morgan fingerprint density at radius 3 is 2.79 bits per heavy atom. The van der Waals surface area contributed by atoms with Gasteiger partial charge in [0, 0.05) is 0 Å². The van der Waals surface area contributed by atoms with Crippen molar-refractivity contribution in [2.24, 2.45) is 0 Å². The Morgan fingerprint density at radius 1 is 1.29 bits per heavy atom. The number of ether oxygens (including phenoxy) is 1. The van der Waals surface area contributed by atoms with Crippen LogP contribution in [0.5, 0.6) is 5.88 Å². The van der Waals surface area contributed by atoms with Crippen molar-refractivity contribution in [1.82, 2.24) is 15.0 Å². The lowest BCUT2D eigenvalue weighted by molar-refractivity contribution is 0.395. The molecule has 0 aromatic carbocycles. The highest BCUT2D eigenvalue weighted by Gasteiger charge is 2.07. The molecule has 0 radical (unpaired) electrons. The maximum absolute atomic E-state index is 5.30. The number of oxazole rings is 1. The molecule has 0 bridgehead atoms. The molecule has 0 aliphatic rings. The summed E-state index contributed by atoms with van der Waals surface area (Å²) >= 11 is 0. The Labute approximate surface area is 80.8 Å². The van der Waals surface area contributed by atoms with Crippen molar-refractivity contribution in [3.63, 3.8) is 0 Å². The third kappa shape index (κ3) is 1.56. The fraction of sp³-hybridized carbons (Fsp3) is 0.222. The van der Waals surface area contributed by atoms with Gasteiger partial charge in [-0.05, 0) is 6.92 Å². The van der Waals surface area contributed by atoms with Gasteiger partial charge in [-0.3, -0.25) is 4.98 Å². The smallest absolute Gasteiger partial charge is 0.247 e. The van der Waals surface area contributed by atoms with Gasteiger partial charge in [0.05, 0.1) is 25.7 Å². The van der Waals surface area contributed by atoms with E-state index in [1.807, 2.05) is 6.92 Å². The van der Waals surface area contributed by atoms with Crippen molar-refractivity contribution in [1.29, 1.82) is 0 Å². The van der Waals surface area contributed by atoms with Crippen LogP contribution in [0.2, 0.25) is 0 Å². The molecule has 0 unspecified atom stereocenters. The molecule has 0 N–H and O–H groups in total. The molecule has 2 heterocycles. The molecule has 5 nitrogen and oxygen atoms in total. The highest BCUT2D eigenvalue weighted by molar-refractivity contribution is 5.45. The lowest BCUT2D eigenvalue weighted by Crippen LogP contribution is -1.91. The SMILES string of the molecule is COc1cncc(-c2ncc(C)o2)n1. The number of hydrogen-bond donors (Lipinski definition) is 0. The maximum Gasteiger partial charge on any atom is 0.247 e. The van der Waals surface area contributed by atoms with Gasteiger partial charge in [0.15, 0.2) is 0 Å². The summed E-state index contributed by atoms with van der Waals surface area (Å²) in [6.07, 6.45) is 4.74. The topological polar surface area (TPSA) is 61.0 Å². The molecule has 0 saturated heterocycles. The van der Waals surface area contributed by atoms with Crippen LogP contribution in [0.1, 0.15) is 5.76 Å². The summed E-state index contributed by atoms with van der Waals surface area (Å²) in [4.78, 5) is 12.1. The van der Waals surface area contributed by atoms with Crippen LogP contribution in [-0.2, 0) is 0 Å². The van der Waals surface area contributed by atoms with Gasteiger partial charge < -0.3 is 9.15 Å². The average Bonchev–Trinajstić information content (AvgIpc) is 2.65. The van der Waals surface area contributed by atoms with Crippen molar-refractivity contribution in [2.75, 3.05) is 7.11 Å². The first kappa shape index (κ1) is 8.68. The summed E-state index contributed by atoms with van der Waals surface area (Å²) in [6.45, 7) is 1.82. The average molecular weight is 191 g/mol. The van der Waals surface area contributed by atoms with E-state index in [1.54, 1.807) is 12.4 Å². The van der Waals surface area contributed by atoms with Crippen molar-refractivity contribution in [2.45, 2.75) is 6.92 Å². The third-order valence-electron chi connectivity index (χ3n) is 1.66. The zero-order chi connectivity index (χ0) is 9.97. The molecular formula is C9H9N3O2. The fourth-order valence-electron chi connectivity index (χ4n) is 1.02. The Bertz CT molecular complexity index is 439. The molecule has 14 heavy (non-hydrogen) atoms. The van der Waals surface area contributed by atoms with E-state index in [0.717, 1.165) is 5.76 Å². The Morgan fingerprint density at radius 2 is 2.14 bits per heavy atom. The first-order chi connectivity index (χ1) is 6.79. The van der Waals surface area contributed by atoms with Gasteiger partial charge in [-0.25, -0.2) is 9.97 Å².